The van der Waals surface area contributed by atoms with Gasteiger partial charge in [0.05, 0.1) is 34.2 Å². The van der Waals surface area contributed by atoms with E-state index in [1.165, 1.54) is 46.6 Å². The van der Waals surface area contributed by atoms with E-state index >= 15 is 0 Å². The number of nitrogens with zero attached hydrogens (tertiary/aromatic N) is 4. The first-order valence-corrected chi connectivity index (χ1v) is 15.3. The Morgan fingerprint density at radius 2 is 1.66 bits per heavy atom. The Morgan fingerprint density at radius 1 is 0.927 bits per heavy atom. The van der Waals surface area contributed by atoms with Crippen molar-refractivity contribution in [2.45, 2.75) is 59.5 Å². The van der Waals surface area contributed by atoms with Gasteiger partial charge in [-0.1, -0.05) is 42.8 Å². The van der Waals surface area contributed by atoms with E-state index in [9.17, 15) is 0 Å². The standard InChI is InChI=1S/C34H38ClN5S/c1-21-14-17-38(18-15-21)30-13-12-26(20-28(30)35)40-33(31(37-34(40)41)29-11-6-7-16-36-29)27-19-24(4)39(25(27)5)32-22(2)9-8-10-23(32)3/h6-13,16,19-21,31,33H,14-15,17-18H2,1-5H3,(H,37,41)/t31-,33-/m0/s1. The molecule has 2 aliphatic heterocycles. The second-order valence-electron chi connectivity index (χ2n) is 11.7. The lowest BCUT2D eigenvalue weighted by Gasteiger charge is -2.33. The van der Waals surface area contributed by atoms with E-state index in [4.69, 9.17) is 28.8 Å². The summed E-state index contributed by atoms with van der Waals surface area (Å²) in [5.41, 5.74) is 10.4. The number of hydrogen-bond donors (Lipinski definition) is 1. The van der Waals surface area contributed by atoms with Crippen molar-refractivity contribution in [2.75, 3.05) is 22.9 Å². The normalized spacial score (nSPS) is 19.6. The molecule has 4 aromatic rings. The van der Waals surface area contributed by atoms with Gasteiger partial charge in [0.15, 0.2) is 5.11 Å². The Kier molecular flexibility index (Phi) is 7.56. The minimum atomic E-state index is -0.113. The molecular formula is C34H38ClN5S. The van der Waals surface area contributed by atoms with Gasteiger partial charge < -0.3 is 19.7 Å². The molecule has 2 aliphatic rings. The van der Waals surface area contributed by atoms with Crippen molar-refractivity contribution >= 4 is 40.3 Å². The zero-order valence-corrected chi connectivity index (χ0v) is 26.1. The van der Waals surface area contributed by atoms with Crippen LogP contribution in [0.4, 0.5) is 11.4 Å². The maximum atomic E-state index is 7.00. The zero-order chi connectivity index (χ0) is 28.8. The van der Waals surface area contributed by atoms with Gasteiger partial charge in [-0.25, -0.2) is 0 Å². The minimum absolute atomic E-state index is 0.0978. The van der Waals surface area contributed by atoms with Crippen LogP contribution in [0.3, 0.4) is 0 Å². The highest BCUT2D eigenvalue weighted by atomic mass is 35.5. The highest BCUT2D eigenvalue weighted by Gasteiger charge is 2.42. The van der Waals surface area contributed by atoms with Crippen LogP contribution in [0.2, 0.25) is 5.02 Å². The highest BCUT2D eigenvalue weighted by molar-refractivity contribution is 7.80. The Labute approximate surface area is 254 Å². The molecule has 7 heteroatoms. The molecule has 2 aromatic heterocycles. The molecule has 0 saturated carbocycles. The van der Waals surface area contributed by atoms with Gasteiger partial charge in [0.2, 0.25) is 0 Å². The van der Waals surface area contributed by atoms with Crippen molar-refractivity contribution in [2.24, 2.45) is 5.92 Å². The third-order valence-electron chi connectivity index (χ3n) is 8.88. The SMILES string of the molecule is Cc1cccc(C)c1-n1c(C)cc([C@H]2[C@H](c3ccccn3)NC(=S)N2c2ccc(N3CCC(C)CC3)c(Cl)c2)c1C. The molecule has 0 aliphatic carbocycles. The predicted octanol–water partition coefficient (Wildman–Crippen LogP) is 8.17. The number of anilines is 2. The molecule has 0 radical (unpaired) electrons. The number of thiocarbonyl (C=S) groups is 1. The third-order valence-corrected chi connectivity index (χ3v) is 9.50. The Bertz CT molecular complexity index is 1570. The van der Waals surface area contributed by atoms with E-state index in [-0.39, 0.29) is 12.1 Å². The van der Waals surface area contributed by atoms with Crippen LogP contribution in [0.25, 0.3) is 5.69 Å². The average molecular weight is 584 g/mol. The van der Waals surface area contributed by atoms with Gasteiger partial charge >= 0.3 is 0 Å². The molecule has 0 unspecified atom stereocenters. The molecule has 4 heterocycles. The molecule has 0 bridgehead atoms. The van der Waals surface area contributed by atoms with Crippen LogP contribution < -0.4 is 15.1 Å². The van der Waals surface area contributed by atoms with E-state index < -0.39 is 0 Å². The van der Waals surface area contributed by atoms with Crippen molar-refractivity contribution in [3.05, 3.63) is 106 Å². The number of halogens is 1. The molecule has 2 atom stereocenters. The number of para-hydroxylation sites is 1. The Hall–Kier alpha value is -3.35. The van der Waals surface area contributed by atoms with Crippen LogP contribution in [-0.4, -0.2) is 27.8 Å². The number of nitrogens with one attached hydrogen (secondary N) is 1. The van der Waals surface area contributed by atoms with E-state index in [0.717, 1.165) is 41.1 Å². The smallest absolute Gasteiger partial charge is 0.174 e. The van der Waals surface area contributed by atoms with Crippen LogP contribution in [-0.2, 0) is 0 Å². The van der Waals surface area contributed by atoms with Gasteiger partial charge in [0.1, 0.15) is 0 Å². The summed E-state index contributed by atoms with van der Waals surface area (Å²) in [5.74, 6) is 0.768. The van der Waals surface area contributed by atoms with E-state index in [1.807, 2.05) is 18.3 Å². The van der Waals surface area contributed by atoms with Gasteiger partial charge in [-0.2, -0.15) is 0 Å². The van der Waals surface area contributed by atoms with Gasteiger partial charge in [-0.3, -0.25) is 4.98 Å². The summed E-state index contributed by atoms with van der Waals surface area (Å²) in [7, 11) is 0. The quantitative estimate of drug-likeness (QED) is 0.240. The molecule has 2 aromatic carbocycles. The third kappa shape index (κ3) is 5.02. The molecule has 5 nitrogen and oxygen atoms in total. The summed E-state index contributed by atoms with van der Waals surface area (Å²) < 4.78 is 2.39. The fourth-order valence-corrected chi connectivity index (χ4v) is 7.33. The molecular weight excluding hydrogens is 546 g/mol. The highest BCUT2D eigenvalue weighted by Crippen LogP contribution is 2.45. The molecule has 212 valence electrons. The molecule has 0 amide bonds. The lowest BCUT2D eigenvalue weighted by Crippen LogP contribution is -2.33. The number of hydrogen-bond acceptors (Lipinski definition) is 3. The Balaban J connectivity index is 1.46. The number of benzene rings is 2. The number of aromatic nitrogens is 2. The number of rotatable bonds is 5. The van der Waals surface area contributed by atoms with E-state index in [1.54, 1.807) is 0 Å². The first-order valence-electron chi connectivity index (χ1n) is 14.5. The maximum absolute atomic E-state index is 7.00. The second kappa shape index (κ2) is 11.1. The summed E-state index contributed by atoms with van der Waals surface area (Å²) in [5, 5.41) is 5.06. The summed E-state index contributed by atoms with van der Waals surface area (Å²) >= 11 is 13.0. The summed E-state index contributed by atoms with van der Waals surface area (Å²) in [6.45, 7) is 13.2. The molecule has 1 N–H and O–H groups in total. The number of piperidine rings is 1. The summed E-state index contributed by atoms with van der Waals surface area (Å²) in [6, 6.07) is 21.1. The average Bonchev–Trinajstić information content (AvgIpc) is 3.45. The largest absolute Gasteiger partial charge is 0.370 e. The van der Waals surface area contributed by atoms with Crippen molar-refractivity contribution in [1.82, 2.24) is 14.9 Å². The number of pyridine rings is 1. The molecule has 6 rings (SSSR count). The van der Waals surface area contributed by atoms with Crippen LogP contribution >= 0.6 is 23.8 Å². The monoisotopic (exact) mass is 583 g/mol. The molecule has 41 heavy (non-hydrogen) atoms. The fourth-order valence-electron chi connectivity index (χ4n) is 6.69. The van der Waals surface area contributed by atoms with Crippen LogP contribution in [0.15, 0.2) is 66.9 Å². The Morgan fingerprint density at radius 3 is 2.32 bits per heavy atom. The van der Waals surface area contributed by atoms with Crippen molar-refractivity contribution in [3.63, 3.8) is 0 Å². The van der Waals surface area contributed by atoms with Gasteiger partial charge in [-0.05, 0) is 112 Å². The van der Waals surface area contributed by atoms with Gasteiger partial charge in [0, 0.05) is 36.4 Å². The predicted molar refractivity (Wildman–Crippen MR) is 175 cm³/mol. The van der Waals surface area contributed by atoms with E-state index in [2.05, 4.69) is 103 Å². The van der Waals surface area contributed by atoms with E-state index in [0.29, 0.717) is 5.11 Å². The zero-order valence-electron chi connectivity index (χ0n) is 24.5. The molecule has 2 saturated heterocycles. The molecule has 0 spiro atoms. The van der Waals surface area contributed by atoms with Crippen LogP contribution in [0.1, 0.15) is 65.6 Å². The van der Waals surface area contributed by atoms with Crippen LogP contribution in [0.5, 0.6) is 0 Å². The van der Waals surface area contributed by atoms with Crippen molar-refractivity contribution in [3.8, 4) is 5.69 Å². The topological polar surface area (TPSA) is 36.3 Å². The minimum Gasteiger partial charge on any atom is -0.370 e. The maximum Gasteiger partial charge on any atom is 0.174 e. The fraction of sp³-hybridized carbons (Fsp3) is 0.353. The first kappa shape index (κ1) is 27.8. The van der Waals surface area contributed by atoms with Gasteiger partial charge in [-0.15, -0.1) is 0 Å². The van der Waals surface area contributed by atoms with Gasteiger partial charge in [0.25, 0.3) is 0 Å². The van der Waals surface area contributed by atoms with Crippen LogP contribution in [0, 0.1) is 33.6 Å². The molecule has 2 fully saturated rings. The first-order chi connectivity index (χ1) is 19.7. The number of aryl methyl sites for hydroxylation is 3. The van der Waals surface area contributed by atoms with Crippen molar-refractivity contribution in [1.29, 1.82) is 0 Å². The summed E-state index contributed by atoms with van der Waals surface area (Å²) in [4.78, 5) is 9.41. The second-order valence-corrected chi connectivity index (χ2v) is 12.5. The lowest BCUT2D eigenvalue weighted by atomic mass is 9.96. The van der Waals surface area contributed by atoms with Crippen molar-refractivity contribution < 1.29 is 0 Å². The lowest BCUT2D eigenvalue weighted by molar-refractivity contribution is 0.438. The summed E-state index contributed by atoms with van der Waals surface area (Å²) in [6.07, 6.45) is 4.24.